The van der Waals surface area contributed by atoms with Crippen LogP contribution >= 0.6 is 0 Å². The Hall–Kier alpha value is -4.76. The highest BCUT2D eigenvalue weighted by atomic mass is 16.5. The maximum absolute atomic E-state index is 11.8. The van der Waals surface area contributed by atoms with Gasteiger partial charge in [0.25, 0.3) is 0 Å². The van der Waals surface area contributed by atoms with Crippen LogP contribution in [0.3, 0.4) is 0 Å². The van der Waals surface area contributed by atoms with Gasteiger partial charge in [0.15, 0.2) is 0 Å². The Morgan fingerprint density at radius 2 is 0.492 bits per heavy atom. The van der Waals surface area contributed by atoms with Crippen molar-refractivity contribution in [3.8, 4) is 46.0 Å². The molecule has 0 saturated heterocycles. The SMILES string of the molecule is Oc1cc(O)c(C(OC(c2cc(C3CCCCC3)c(O)cc2O)c2cc(C3CCCCC3)c(O)cc2O)c2cc(C3CCCCC3)c(O)cc2O)cc1C1CCCCC1. The quantitative estimate of drug-likeness (QED) is 0.0776. The van der Waals surface area contributed by atoms with Gasteiger partial charge >= 0.3 is 0 Å². The zero-order valence-electron chi connectivity index (χ0n) is 34.2. The highest BCUT2D eigenvalue weighted by molar-refractivity contribution is 5.57. The molecule has 4 fully saturated rings. The lowest BCUT2D eigenvalue weighted by molar-refractivity contribution is 0.0257. The van der Waals surface area contributed by atoms with E-state index in [0.717, 1.165) is 128 Å². The Morgan fingerprint density at radius 1 is 0.288 bits per heavy atom. The fourth-order valence-corrected chi connectivity index (χ4v) is 11.0. The summed E-state index contributed by atoms with van der Waals surface area (Å²) in [7, 11) is 0. The van der Waals surface area contributed by atoms with Gasteiger partial charge in [-0.2, -0.15) is 0 Å². The number of phenolic OH excluding ortho intramolecular Hbond substituents is 8. The molecule has 9 nitrogen and oxygen atoms in total. The fourth-order valence-electron chi connectivity index (χ4n) is 11.0. The van der Waals surface area contributed by atoms with Crippen LogP contribution in [0.2, 0.25) is 0 Å². The zero-order valence-corrected chi connectivity index (χ0v) is 34.2. The molecule has 4 aromatic carbocycles. The smallest absolute Gasteiger partial charge is 0.125 e. The van der Waals surface area contributed by atoms with E-state index in [-0.39, 0.29) is 91.9 Å². The van der Waals surface area contributed by atoms with Crippen molar-refractivity contribution in [3.63, 3.8) is 0 Å². The topological polar surface area (TPSA) is 171 Å². The van der Waals surface area contributed by atoms with E-state index in [9.17, 15) is 40.9 Å². The summed E-state index contributed by atoms with van der Waals surface area (Å²) in [4.78, 5) is 0. The molecular formula is C50H62O9. The summed E-state index contributed by atoms with van der Waals surface area (Å²) >= 11 is 0. The molecule has 0 aromatic heterocycles. The number of phenols is 8. The van der Waals surface area contributed by atoms with E-state index in [2.05, 4.69) is 0 Å². The van der Waals surface area contributed by atoms with Crippen molar-refractivity contribution in [3.05, 3.63) is 93.0 Å². The van der Waals surface area contributed by atoms with Crippen molar-refractivity contribution in [2.45, 2.75) is 164 Å². The maximum Gasteiger partial charge on any atom is 0.125 e. The van der Waals surface area contributed by atoms with Gasteiger partial charge in [-0.15, -0.1) is 0 Å². The van der Waals surface area contributed by atoms with Crippen LogP contribution in [0.25, 0.3) is 0 Å². The van der Waals surface area contributed by atoms with Gasteiger partial charge in [-0.25, -0.2) is 0 Å². The predicted molar refractivity (Wildman–Crippen MR) is 227 cm³/mol. The average Bonchev–Trinajstić information content (AvgIpc) is 3.24. The first-order valence-corrected chi connectivity index (χ1v) is 22.5. The third kappa shape index (κ3) is 8.63. The lowest BCUT2D eigenvalue weighted by Gasteiger charge is -2.32. The van der Waals surface area contributed by atoms with E-state index < -0.39 is 12.2 Å². The van der Waals surface area contributed by atoms with Crippen molar-refractivity contribution in [2.24, 2.45) is 0 Å². The summed E-state index contributed by atoms with van der Waals surface area (Å²) in [5.41, 5.74) is 3.81. The molecule has 0 bridgehead atoms. The molecule has 8 rings (SSSR count). The lowest BCUT2D eigenvalue weighted by Crippen LogP contribution is -2.17. The molecular weight excluding hydrogens is 745 g/mol. The molecule has 0 heterocycles. The van der Waals surface area contributed by atoms with Gasteiger partial charge in [0.1, 0.15) is 58.2 Å². The molecule has 4 aliphatic carbocycles. The van der Waals surface area contributed by atoms with Gasteiger partial charge in [-0.1, -0.05) is 77.0 Å². The van der Waals surface area contributed by atoms with Crippen LogP contribution in [-0.4, -0.2) is 40.9 Å². The fraction of sp³-hybridized carbons (Fsp3) is 0.520. The molecule has 4 saturated carbocycles. The molecule has 0 aliphatic heterocycles. The summed E-state index contributed by atoms with van der Waals surface area (Å²) in [6, 6.07) is 12.4. The summed E-state index contributed by atoms with van der Waals surface area (Å²) in [6.07, 6.45) is 17.0. The van der Waals surface area contributed by atoms with E-state index in [4.69, 9.17) is 4.74 Å². The van der Waals surface area contributed by atoms with Crippen molar-refractivity contribution in [2.75, 3.05) is 0 Å². The molecule has 0 radical (unpaired) electrons. The Balaban J connectivity index is 1.35. The molecule has 59 heavy (non-hydrogen) atoms. The van der Waals surface area contributed by atoms with Crippen LogP contribution in [0.4, 0.5) is 0 Å². The van der Waals surface area contributed by atoms with E-state index in [1.54, 1.807) is 24.3 Å². The first-order chi connectivity index (χ1) is 28.6. The van der Waals surface area contributed by atoms with Crippen LogP contribution in [0.5, 0.6) is 46.0 Å². The molecule has 9 heteroatoms. The number of ether oxygens (including phenoxy) is 1. The van der Waals surface area contributed by atoms with E-state index >= 15 is 0 Å². The highest BCUT2D eigenvalue weighted by Gasteiger charge is 2.35. The summed E-state index contributed by atoms with van der Waals surface area (Å²) < 4.78 is 7.28. The molecule has 8 N–H and O–H groups in total. The van der Waals surface area contributed by atoms with Gasteiger partial charge in [-0.05, 0) is 122 Å². The number of rotatable bonds is 10. The Bertz CT molecular complexity index is 1810. The van der Waals surface area contributed by atoms with Gasteiger partial charge in [-0.3, -0.25) is 0 Å². The number of hydrogen-bond acceptors (Lipinski definition) is 9. The van der Waals surface area contributed by atoms with Gasteiger partial charge in [0, 0.05) is 46.5 Å². The summed E-state index contributed by atoms with van der Waals surface area (Å²) in [5, 5.41) is 92.6. The second-order valence-corrected chi connectivity index (χ2v) is 18.1. The van der Waals surface area contributed by atoms with Crippen molar-refractivity contribution in [1.82, 2.24) is 0 Å². The van der Waals surface area contributed by atoms with E-state index in [1.165, 1.54) is 24.3 Å². The van der Waals surface area contributed by atoms with Crippen LogP contribution in [0.15, 0.2) is 48.5 Å². The molecule has 0 amide bonds. The predicted octanol–water partition coefficient (Wildman–Crippen LogP) is 12.4. The van der Waals surface area contributed by atoms with Crippen molar-refractivity contribution in [1.29, 1.82) is 0 Å². The normalized spacial score (nSPS) is 19.2. The van der Waals surface area contributed by atoms with Gasteiger partial charge < -0.3 is 45.6 Å². The third-order valence-electron chi connectivity index (χ3n) is 14.3. The molecule has 0 atom stereocenters. The second kappa shape index (κ2) is 17.8. The van der Waals surface area contributed by atoms with E-state index in [1.807, 2.05) is 0 Å². The summed E-state index contributed by atoms with van der Waals surface area (Å²) in [6.45, 7) is 0. The highest BCUT2D eigenvalue weighted by Crippen LogP contribution is 2.53. The largest absolute Gasteiger partial charge is 0.508 e. The van der Waals surface area contributed by atoms with Crippen LogP contribution in [0, 0.1) is 0 Å². The second-order valence-electron chi connectivity index (χ2n) is 18.1. The minimum atomic E-state index is -1.25. The minimum absolute atomic E-state index is 0.0205. The van der Waals surface area contributed by atoms with Crippen LogP contribution < -0.4 is 0 Å². The monoisotopic (exact) mass is 806 g/mol. The molecule has 4 aromatic rings. The molecule has 4 aliphatic rings. The van der Waals surface area contributed by atoms with Gasteiger partial charge in [0.05, 0.1) is 0 Å². The molecule has 0 spiro atoms. The lowest BCUT2D eigenvalue weighted by atomic mass is 9.80. The molecule has 0 unspecified atom stereocenters. The zero-order chi connectivity index (χ0) is 41.2. The van der Waals surface area contributed by atoms with Crippen LogP contribution in [-0.2, 0) is 4.74 Å². The summed E-state index contributed by atoms with van der Waals surface area (Å²) in [5.74, 6) is -0.925. The van der Waals surface area contributed by atoms with Gasteiger partial charge in [0.2, 0.25) is 0 Å². The average molecular weight is 807 g/mol. The number of hydrogen-bond donors (Lipinski definition) is 8. The Labute approximate surface area is 348 Å². The number of aromatic hydroxyl groups is 8. The van der Waals surface area contributed by atoms with Crippen LogP contribution in [0.1, 0.15) is 209 Å². The maximum atomic E-state index is 11.8. The van der Waals surface area contributed by atoms with Crippen molar-refractivity contribution >= 4 is 0 Å². The standard InChI is InChI=1S/C50H62O9/c51-41-25-45(55)37(21-33(41)29-13-5-1-6-14-29)49(38-22-34(42(52)26-46(38)56)30-15-7-2-8-16-30)59-50(39-23-35(43(53)27-47(39)57)31-17-9-3-10-18-31)40-24-36(44(54)28-48(40)58)32-19-11-4-12-20-32/h21-32,49-58H,1-20H2. The first kappa shape index (κ1) is 41.0. The Morgan fingerprint density at radius 3 is 0.695 bits per heavy atom. The number of benzene rings is 4. The van der Waals surface area contributed by atoms with Crippen molar-refractivity contribution < 1.29 is 45.6 Å². The van der Waals surface area contributed by atoms with E-state index in [0.29, 0.717) is 22.3 Å². The third-order valence-corrected chi connectivity index (χ3v) is 14.3. The minimum Gasteiger partial charge on any atom is -0.508 e. The molecule has 316 valence electrons. The Kier molecular flexibility index (Phi) is 12.4. The first-order valence-electron chi connectivity index (χ1n) is 22.5.